The summed E-state index contributed by atoms with van der Waals surface area (Å²) in [4.78, 5) is 27.6. The standard InChI is InChI=1S/C12H15BrN2O5/c1-3-6-4-20-5-7(13)10-14-8(12(18)19-2)9(16)11(17)15(6)10/h6-7,16H,3-5H2,1-2H3/t6-,7?/m0/s1. The van der Waals surface area contributed by atoms with E-state index >= 15 is 0 Å². The van der Waals surface area contributed by atoms with Crippen LogP contribution in [0.5, 0.6) is 5.75 Å². The number of ether oxygens (including phenoxy) is 2. The van der Waals surface area contributed by atoms with Gasteiger partial charge in [0.15, 0.2) is 5.69 Å². The molecule has 1 aliphatic heterocycles. The molecule has 1 N–H and O–H groups in total. The van der Waals surface area contributed by atoms with Gasteiger partial charge in [-0.15, -0.1) is 0 Å². The minimum Gasteiger partial charge on any atom is -0.501 e. The predicted octanol–water partition coefficient (Wildman–Crippen LogP) is 1.15. The minimum atomic E-state index is -0.846. The normalized spacial score (nSPS) is 21.9. The highest BCUT2D eigenvalue weighted by Crippen LogP contribution is 2.29. The third-order valence-electron chi connectivity index (χ3n) is 3.19. The molecule has 0 fully saturated rings. The Bertz CT molecular complexity index is 586. The summed E-state index contributed by atoms with van der Waals surface area (Å²) in [6, 6.07) is -0.231. The predicted molar refractivity (Wildman–Crippen MR) is 73.3 cm³/mol. The second-order valence-electron chi connectivity index (χ2n) is 4.40. The molecule has 1 unspecified atom stereocenters. The number of aromatic hydroxyl groups is 1. The van der Waals surface area contributed by atoms with Gasteiger partial charge in [0.2, 0.25) is 5.75 Å². The first kappa shape index (κ1) is 15.0. The zero-order chi connectivity index (χ0) is 14.9. The minimum absolute atomic E-state index is 0.231. The van der Waals surface area contributed by atoms with Gasteiger partial charge in [0, 0.05) is 0 Å². The second-order valence-corrected chi connectivity index (χ2v) is 5.51. The number of carbonyl (C=O) groups is 1. The van der Waals surface area contributed by atoms with Crippen molar-refractivity contribution >= 4 is 21.9 Å². The van der Waals surface area contributed by atoms with Crippen LogP contribution in [0.1, 0.15) is 40.5 Å². The van der Waals surface area contributed by atoms with E-state index in [2.05, 4.69) is 25.7 Å². The van der Waals surface area contributed by atoms with Crippen LogP contribution < -0.4 is 5.56 Å². The number of fused-ring (bicyclic) bond motifs is 1. The fourth-order valence-corrected chi connectivity index (χ4v) is 2.62. The average Bonchev–Trinajstić information content (AvgIpc) is 2.61. The maximum atomic E-state index is 12.3. The first-order valence-electron chi connectivity index (χ1n) is 6.16. The van der Waals surface area contributed by atoms with Crippen molar-refractivity contribution < 1.29 is 19.4 Å². The number of hydrogen-bond donors (Lipinski definition) is 1. The fourth-order valence-electron chi connectivity index (χ4n) is 2.11. The molecule has 0 radical (unpaired) electrons. The molecule has 0 saturated carbocycles. The van der Waals surface area contributed by atoms with Crippen molar-refractivity contribution in [2.45, 2.75) is 24.2 Å². The number of carbonyl (C=O) groups excluding carboxylic acids is 1. The van der Waals surface area contributed by atoms with Crippen molar-refractivity contribution in [3.63, 3.8) is 0 Å². The van der Waals surface area contributed by atoms with Gasteiger partial charge in [0.25, 0.3) is 5.56 Å². The number of halogens is 1. The molecule has 7 nitrogen and oxygen atoms in total. The number of nitrogens with zero attached hydrogens (tertiary/aromatic N) is 2. The molecule has 8 heteroatoms. The first-order valence-corrected chi connectivity index (χ1v) is 7.08. The topological polar surface area (TPSA) is 90.7 Å². The average molecular weight is 347 g/mol. The van der Waals surface area contributed by atoms with Gasteiger partial charge >= 0.3 is 5.97 Å². The van der Waals surface area contributed by atoms with E-state index in [-0.39, 0.29) is 16.6 Å². The molecular formula is C12H15BrN2O5. The summed E-state index contributed by atoms with van der Waals surface area (Å²) in [6.45, 7) is 2.59. The van der Waals surface area contributed by atoms with Crippen LogP contribution in [0.25, 0.3) is 0 Å². The molecule has 20 heavy (non-hydrogen) atoms. The molecule has 110 valence electrons. The lowest BCUT2D eigenvalue weighted by atomic mass is 10.2. The summed E-state index contributed by atoms with van der Waals surface area (Å²) < 4.78 is 11.4. The van der Waals surface area contributed by atoms with Crippen LogP contribution in [0.3, 0.4) is 0 Å². The lowest BCUT2D eigenvalue weighted by Crippen LogP contribution is -2.31. The highest BCUT2D eigenvalue weighted by Gasteiger charge is 2.30. The molecule has 0 aliphatic carbocycles. The number of rotatable bonds is 2. The maximum absolute atomic E-state index is 12.3. The highest BCUT2D eigenvalue weighted by atomic mass is 79.9. The fraction of sp³-hybridized carbons (Fsp3) is 0.583. The molecule has 2 heterocycles. The van der Waals surface area contributed by atoms with Gasteiger partial charge in [-0.1, -0.05) is 22.9 Å². The number of aromatic nitrogens is 2. The summed E-state index contributed by atoms with van der Waals surface area (Å²) in [6.07, 6.45) is 0.644. The number of hydrogen-bond acceptors (Lipinski definition) is 6. The largest absolute Gasteiger partial charge is 0.501 e. The molecular weight excluding hydrogens is 332 g/mol. The van der Waals surface area contributed by atoms with Crippen molar-refractivity contribution in [1.29, 1.82) is 0 Å². The van der Waals surface area contributed by atoms with Crippen LogP contribution in [-0.4, -0.2) is 41.0 Å². The zero-order valence-electron chi connectivity index (χ0n) is 11.1. The van der Waals surface area contributed by atoms with Gasteiger partial charge in [-0.3, -0.25) is 9.36 Å². The van der Waals surface area contributed by atoms with E-state index < -0.39 is 17.3 Å². The Balaban J connectivity index is 2.71. The smallest absolute Gasteiger partial charge is 0.360 e. The van der Waals surface area contributed by atoms with Gasteiger partial charge in [0.05, 0.1) is 31.2 Å². The van der Waals surface area contributed by atoms with E-state index in [9.17, 15) is 14.7 Å². The molecule has 0 spiro atoms. The maximum Gasteiger partial charge on any atom is 0.360 e. The van der Waals surface area contributed by atoms with Gasteiger partial charge < -0.3 is 14.6 Å². The Morgan fingerprint density at radius 2 is 2.30 bits per heavy atom. The second kappa shape index (κ2) is 5.92. The quantitative estimate of drug-likeness (QED) is 0.638. The lowest BCUT2D eigenvalue weighted by molar-refractivity contribution is 0.0588. The van der Waals surface area contributed by atoms with Crippen molar-refractivity contribution in [2.24, 2.45) is 0 Å². The van der Waals surface area contributed by atoms with Gasteiger partial charge in [-0.05, 0) is 6.42 Å². The van der Waals surface area contributed by atoms with Crippen LogP contribution >= 0.6 is 15.9 Å². The molecule has 1 aliphatic rings. The van der Waals surface area contributed by atoms with Crippen molar-refractivity contribution in [3.05, 3.63) is 21.9 Å². The Morgan fingerprint density at radius 1 is 1.60 bits per heavy atom. The number of esters is 1. The van der Waals surface area contributed by atoms with Crippen molar-refractivity contribution in [1.82, 2.24) is 9.55 Å². The Kier molecular flexibility index (Phi) is 4.44. The third-order valence-corrected chi connectivity index (χ3v) is 3.86. The Hall–Kier alpha value is -1.41. The number of methoxy groups -OCH3 is 1. The number of alkyl halides is 1. The molecule has 1 aromatic rings. The molecule has 0 amide bonds. The van der Waals surface area contributed by atoms with E-state index in [1.54, 1.807) is 0 Å². The van der Waals surface area contributed by atoms with Crippen LogP contribution in [0.15, 0.2) is 4.79 Å². The van der Waals surface area contributed by atoms with E-state index in [1.807, 2.05) is 6.92 Å². The molecule has 2 rings (SSSR count). The molecule has 0 aromatic carbocycles. The van der Waals surface area contributed by atoms with Crippen molar-refractivity contribution in [2.75, 3.05) is 20.3 Å². The van der Waals surface area contributed by atoms with Crippen molar-refractivity contribution in [3.8, 4) is 5.75 Å². The van der Waals surface area contributed by atoms with Crippen LogP contribution in [0.2, 0.25) is 0 Å². The van der Waals surface area contributed by atoms with Gasteiger partial charge in [0.1, 0.15) is 5.82 Å². The van der Waals surface area contributed by atoms with E-state index in [1.165, 1.54) is 4.57 Å². The van der Waals surface area contributed by atoms with Gasteiger partial charge in [-0.25, -0.2) is 9.78 Å². The summed E-state index contributed by atoms with van der Waals surface area (Å²) in [5.74, 6) is -1.18. The van der Waals surface area contributed by atoms with Crippen LogP contribution in [0, 0.1) is 0 Å². The van der Waals surface area contributed by atoms with E-state index in [0.29, 0.717) is 25.5 Å². The summed E-state index contributed by atoms with van der Waals surface area (Å²) in [7, 11) is 1.16. The molecule has 0 bridgehead atoms. The van der Waals surface area contributed by atoms with Crippen LogP contribution in [0.4, 0.5) is 0 Å². The monoisotopic (exact) mass is 346 g/mol. The molecule has 0 saturated heterocycles. The SMILES string of the molecule is CC[C@H]1COCC(Br)c2nc(C(=O)OC)c(O)c(=O)n21. The molecule has 1 aromatic heterocycles. The highest BCUT2D eigenvalue weighted by molar-refractivity contribution is 9.09. The summed E-state index contributed by atoms with van der Waals surface area (Å²) in [5.41, 5.74) is -1.03. The Morgan fingerprint density at radius 3 is 2.90 bits per heavy atom. The van der Waals surface area contributed by atoms with E-state index in [0.717, 1.165) is 7.11 Å². The zero-order valence-corrected chi connectivity index (χ0v) is 12.7. The van der Waals surface area contributed by atoms with Crippen LogP contribution in [-0.2, 0) is 9.47 Å². The van der Waals surface area contributed by atoms with Gasteiger partial charge in [-0.2, -0.15) is 0 Å². The molecule has 2 atom stereocenters. The third kappa shape index (κ3) is 2.45. The summed E-state index contributed by atoms with van der Waals surface area (Å²) in [5, 5.41) is 9.89. The summed E-state index contributed by atoms with van der Waals surface area (Å²) >= 11 is 3.38. The lowest BCUT2D eigenvalue weighted by Gasteiger charge is -2.19. The van der Waals surface area contributed by atoms with E-state index in [4.69, 9.17) is 4.74 Å². The Labute approximate surface area is 123 Å². The first-order chi connectivity index (χ1) is 9.51.